The van der Waals surface area contributed by atoms with Gasteiger partial charge in [0.1, 0.15) is 0 Å². The molecule has 0 unspecified atom stereocenters. The van der Waals surface area contributed by atoms with E-state index in [-0.39, 0.29) is 29.9 Å². The third-order valence-corrected chi connectivity index (χ3v) is 5.45. The number of nitrogens with zero attached hydrogens (tertiary/aromatic N) is 2. The summed E-state index contributed by atoms with van der Waals surface area (Å²) >= 11 is 1.43. The molecule has 2 amide bonds. The molecule has 0 radical (unpaired) electrons. The first kappa shape index (κ1) is 13.8. The molecule has 2 fully saturated rings. The van der Waals surface area contributed by atoms with Gasteiger partial charge in [-0.05, 0) is 30.7 Å². The largest absolute Gasteiger partial charge is 0.389 e. The number of carbonyl (C=O) groups is 2. The van der Waals surface area contributed by atoms with Gasteiger partial charge in [-0.25, -0.2) is 0 Å². The Morgan fingerprint density at radius 3 is 2.91 bits per heavy atom. The van der Waals surface area contributed by atoms with Crippen LogP contribution in [0.4, 0.5) is 0 Å². The molecule has 0 bridgehead atoms. The Bertz CT molecular complexity index is 624. The van der Waals surface area contributed by atoms with Crippen molar-refractivity contribution in [1.82, 2.24) is 10.2 Å². The lowest BCUT2D eigenvalue weighted by Gasteiger charge is -2.26. The zero-order valence-corrected chi connectivity index (χ0v) is 12.8. The number of thiophene rings is 1. The van der Waals surface area contributed by atoms with Crippen LogP contribution >= 0.6 is 11.3 Å². The minimum Gasteiger partial charge on any atom is -0.389 e. The second-order valence-electron chi connectivity index (χ2n) is 6.02. The molecule has 3 heterocycles. The lowest BCUT2D eigenvalue weighted by Crippen LogP contribution is -2.45. The first-order chi connectivity index (χ1) is 10.7. The van der Waals surface area contributed by atoms with E-state index < -0.39 is 0 Å². The molecule has 1 saturated carbocycles. The highest BCUT2D eigenvalue weighted by Gasteiger charge is 2.46. The summed E-state index contributed by atoms with van der Waals surface area (Å²) in [5, 5.41) is 8.84. The molecule has 1 aliphatic carbocycles. The van der Waals surface area contributed by atoms with Crippen LogP contribution in [0, 0.1) is 5.92 Å². The number of fused-ring (bicyclic) bond motifs is 1. The summed E-state index contributed by atoms with van der Waals surface area (Å²) < 4.78 is 0. The number of nitrogens with one attached hydrogen (secondary N) is 1. The van der Waals surface area contributed by atoms with E-state index in [1.165, 1.54) is 17.8 Å². The Balaban J connectivity index is 1.42. The summed E-state index contributed by atoms with van der Waals surface area (Å²) in [5.74, 6) is -0.238. The molecule has 4 rings (SSSR count). The number of oxime groups is 1. The van der Waals surface area contributed by atoms with Gasteiger partial charge in [0.25, 0.3) is 11.8 Å². The molecular formula is C15H17N3O3S. The summed E-state index contributed by atoms with van der Waals surface area (Å²) in [5.41, 5.74) is 0.443. The average Bonchev–Trinajstić information content (AvgIpc) is 3.16. The number of hydrogen-bond acceptors (Lipinski definition) is 5. The van der Waals surface area contributed by atoms with Gasteiger partial charge in [-0.15, -0.1) is 11.3 Å². The molecule has 1 N–H and O–H groups in total. The Morgan fingerprint density at radius 2 is 2.23 bits per heavy atom. The van der Waals surface area contributed by atoms with Crippen molar-refractivity contribution in [2.75, 3.05) is 13.1 Å². The van der Waals surface area contributed by atoms with Gasteiger partial charge in [0, 0.05) is 12.6 Å². The molecular weight excluding hydrogens is 302 g/mol. The smallest absolute Gasteiger partial charge is 0.269 e. The molecule has 2 atom stereocenters. The summed E-state index contributed by atoms with van der Waals surface area (Å²) in [6.07, 6.45) is 3.06. The summed E-state index contributed by atoms with van der Waals surface area (Å²) in [6.45, 7) is 0.990. The fourth-order valence-corrected chi connectivity index (χ4v) is 3.77. The van der Waals surface area contributed by atoms with E-state index in [4.69, 9.17) is 4.84 Å². The van der Waals surface area contributed by atoms with Gasteiger partial charge in [-0.2, -0.15) is 0 Å². The van der Waals surface area contributed by atoms with Gasteiger partial charge in [-0.3, -0.25) is 9.59 Å². The molecule has 1 aromatic heterocycles. The Kier molecular flexibility index (Phi) is 3.37. The van der Waals surface area contributed by atoms with Crippen LogP contribution < -0.4 is 5.32 Å². The normalized spacial score (nSPS) is 26.9. The van der Waals surface area contributed by atoms with E-state index in [2.05, 4.69) is 10.5 Å². The number of likely N-dealkylation sites (tertiary alicyclic amines) is 1. The first-order valence-electron chi connectivity index (χ1n) is 7.60. The molecule has 116 valence electrons. The van der Waals surface area contributed by atoms with E-state index in [0.717, 1.165) is 17.7 Å². The monoisotopic (exact) mass is 319 g/mol. The summed E-state index contributed by atoms with van der Waals surface area (Å²) in [7, 11) is 0. The second-order valence-corrected chi connectivity index (χ2v) is 6.96. The lowest BCUT2D eigenvalue weighted by atomic mass is 9.92. The molecule has 3 aliphatic rings. The van der Waals surface area contributed by atoms with Crippen LogP contribution in [0.5, 0.6) is 0 Å². The summed E-state index contributed by atoms with van der Waals surface area (Å²) in [6, 6.07) is 3.96. The highest BCUT2D eigenvalue weighted by Crippen LogP contribution is 2.29. The van der Waals surface area contributed by atoms with Crippen molar-refractivity contribution in [3.05, 3.63) is 22.4 Å². The molecule has 22 heavy (non-hydrogen) atoms. The van der Waals surface area contributed by atoms with Crippen LogP contribution in [0.2, 0.25) is 0 Å². The van der Waals surface area contributed by atoms with Crippen molar-refractivity contribution in [2.24, 2.45) is 11.1 Å². The third-order valence-electron chi connectivity index (χ3n) is 4.60. The maximum absolute atomic E-state index is 12.4. The van der Waals surface area contributed by atoms with E-state index >= 15 is 0 Å². The van der Waals surface area contributed by atoms with Crippen LogP contribution in [0.25, 0.3) is 0 Å². The molecule has 2 aliphatic heterocycles. The van der Waals surface area contributed by atoms with Crippen LogP contribution in [0.3, 0.4) is 0 Å². The number of amides is 2. The quantitative estimate of drug-likeness (QED) is 0.911. The highest BCUT2D eigenvalue weighted by molar-refractivity contribution is 7.12. The van der Waals surface area contributed by atoms with E-state index in [1.807, 2.05) is 17.5 Å². The Hall–Kier alpha value is -1.89. The van der Waals surface area contributed by atoms with Crippen LogP contribution in [-0.2, 0) is 9.63 Å². The fraction of sp³-hybridized carbons (Fsp3) is 0.533. The maximum Gasteiger partial charge on any atom is 0.269 e. The second kappa shape index (κ2) is 5.39. The van der Waals surface area contributed by atoms with Crippen LogP contribution in [-0.4, -0.2) is 47.7 Å². The minimum atomic E-state index is -0.189. The van der Waals surface area contributed by atoms with Crippen LogP contribution in [0.1, 0.15) is 28.9 Å². The lowest BCUT2D eigenvalue weighted by molar-refractivity contribution is -0.116. The zero-order valence-electron chi connectivity index (χ0n) is 12.0. The molecule has 7 heteroatoms. The van der Waals surface area contributed by atoms with Gasteiger partial charge in [0.05, 0.1) is 17.3 Å². The SMILES string of the molecule is O=C(NC1CCC1)C1=NO[C@@H]2CN(C(=O)c3cccs3)C[C@H]12. The van der Waals surface area contributed by atoms with Crippen molar-refractivity contribution in [2.45, 2.75) is 31.4 Å². The van der Waals surface area contributed by atoms with Gasteiger partial charge in [0.2, 0.25) is 0 Å². The van der Waals surface area contributed by atoms with E-state index in [0.29, 0.717) is 18.8 Å². The van der Waals surface area contributed by atoms with Crippen molar-refractivity contribution in [3.63, 3.8) is 0 Å². The minimum absolute atomic E-state index is 0.00625. The summed E-state index contributed by atoms with van der Waals surface area (Å²) in [4.78, 5) is 32.5. The maximum atomic E-state index is 12.4. The van der Waals surface area contributed by atoms with Crippen molar-refractivity contribution < 1.29 is 14.4 Å². The van der Waals surface area contributed by atoms with Gasteiger partial charge in [0.15, 0.2) is 11.8 Å². The van der Waals surface area contributed by atoms with E-state index in [9.17, 15) is 9.59 Å². The topological polar surface area (TPSA) is 71.0 Å². The molecule has 1 saturated heterocycles. The number of rotatable bonds is 3. The predicted molar refractivity (Wildman–Crippen MR) is 81.8 cm³/mol. The first-order valence-corrected chi connectivity index (χ1v) is 8.47. The van der Waals surface area contributed by atoms with Gasteiger partial charge in [-0.1, -0.05) is 11.2 Å². The predicted octanol–water partition coefficient (Wildman–Crippen LogP) is 1.24. The molecule has 1 aromatic rings. The van der Waals surface area contributed by atoms with Gasteiger partial charge >= 0.3 is 0 Å². The standard InChI is InChI=1S/C15H17N3O3S/c19-14(16-9-3-1-4-9)13-10-7-18(8-11(10)21-17-13)15(20)12-5-2-6-22-12/h2,5-6,9-11H,1,3-4,7-8H2,(H,16,19)/t10-,11+/m0/s1. The fourth-order valence-electron chi connectivity index (χ4n) is 3.08. The Morgan fingerprint density at radius 1 is 1.36 bits per heavy atom. The van der Waals surface area contributed by atoms with Gasteiger partial charge < -0.3 is 15.1 Å². The molecule has 6 nitrogen and oxygen atoms in total. The number of carbonyl (C=O) groups excluding carboxylic acids is 2. The molecule has 0 spiro atoms. The Labute approximate surface area is 132 Å². The average molecular weight is 319 g/mol. The van der Waals surface area contributed by atoms with Crippen molar-refractivity contribution in [3.8, 4) is 0 Å². The number of hydrogen-bond donors (Lipinski definition) is 1. The highest BCUT2D eigenvalue weighted by atomic mass is 32.1. The third kappa shape index (κ3) is 2.29. The van der Waals surface area contributed by atoms with E-state index in [1.54, 1.807) is 4.90 Å². The zero-order chi connectivity index (χ0) is 15.1. The van der Waals surface area contributed by atoms with Crippen molar-refractivity contribution in [1.29, 1.82) is 0 Å². The van der Waals surface area contributed by atoms with Crippen LogP contribution in [0.15, 0.2) is 22.7 Å². The molecule has 0 aromatic carbocycles. The van der Waals surface area contributed by atoms with Crippen molar-refractivity contribution >= 4 is 28.9 Å².